The van der Waals surface area contributed by atoms with Gasteiger partial charge in [0.2, 0.25) is 0 Å². The third-order valence-electron chi connectivity index (χ3n) is 3.50. The van der Waals surface area contributed by atoms with Crippen LogP contribution in [0.2, 0.25) is 0 Å². The number of hydrogen-bond acceptors (Lipinski definition) is 2. The largest absolute Gasteiger partial charge is 0.323 e. The minimum absolute atomic E-state index is 0.171. The predicted molar refractivity (Wildman–Crippen MR) is 68.0 cm³/mol. The third-order valence-corrected chi connectivity index (χ3v) is 4.22. The second kappa shape index (κ2) is 4.30. The number of hydrogen-bond donors (Lipinski definition) is 1. The minimum atomic E-state index is -0.279. The molecule has 1 saturated carbocycles. The molecule has 2 nitrogen and oxygen atoms in total. The van der Waals surface area contributed by atoms with E-state index >= 15 is 0 Å². The number of halogens is 1. The van der Waals surface area contributed by atoms with Gasteiger partial charge in [0.1, 0.15) is 5.78 Å². The van der Waals surface area contributed by atoms with Crippen LogP contribution in [0.5, 0.6) is 0 Å². The first kappa shape index (κ1) is 11.8. The van der Waals surface area contributed by atoms with Crippen molar-refractivity contribution in [3.63, 3.8) is 0 Å². The smallest absolute Gasteiger partial charge is 0.140 e. The van der Waals surface area contributed by atoms with Gasteiger partial charge in [0, 0.05) is 22.4 Å². The number of rotatable bonds is 4. The Labute approximate surface area is 104 Å². The molecule has 0 amide bonds. The lowest BCUT2D eigenvalue weighted by molar-refractivity contribution is -0.124. The van der Waals surface area contributed by atoms with E-state index in [1.807, 2.05) is 31.2 Å². The zero-order valence-corrected chi connectivity index (χ0v) is 11.0. The number of Topliss-reactive ketones (excluding diaryl/α,β-unsaturated/α-hetero) is 1. The van der Waals surface area contributed by atoms with Gasteiger partial charge in [0.15, 0.2) is 0 Å². The van der Waals surface area contributed by atoms with E-state index in [9.17, 15) is 4.79 Å². The second-order valence-corrected chi connectivity index (χ2v) is 5.29. The van der Waals surface area contributed by atoms with Gasteiger partial charge in [-0.05, 0) is 24.5 Å². The van der Waals surface area contributed by atoms with Crippen LogP contribution in [0.4, 0.5) is 0 Å². The Morgan fingerprint density at radius 1 is 1.50 bits per heavy atom. The fourth-order valence-corrected chi connectivity index (χ4v) is 2.81. The van der Waals surface area contributed by atoms with Crippen molar-refractivity contribution in [1.29, 1.82) is 0 Å². The Kier molecular flexibility index (Phi) is 3.17. The van der Waals surface area contributed by atoms with E-state index in [-0.39, 0.29) is 11.5 Å². The first-order valence-corrected chi connectivity index (χ1v) is 6.44. The van der Waals surface area contributed by atoms with Crippen molar-refractivity contribution in [1.82, 2.24) is 0 Å². The number of ketones is 1. The second-order valence-electron chi connectivity index (χ2n) is 4.43. The highest BCUT2D eigenvalue weighted by atomic mass is 79.9. The predicted octanol–water partition coefficient (Wildman–Crippen LogP) is 3.21. The normalized spacial score (nSPS) is 19.2. The van der Waals surface area contributed by atoms with Gasteiger partial charge in [-0.3, -0.25) is 4.79 Å². The van der Waals surface area contributed by atoms with Crippen molar-refractivity contribution in [3.05, 3.63) is 34.3 Å². The highest BCUT2D eigenvalue weighted by molar-refractivity contribution is 9.10. The van der Waals surface area contributed by atoms with Gasteiger partial charge in [-0.15, -0.1) is 0 Å². The summed E-state index contributed by atoms with van der Waals surface area (Å²) in [7, 11) is 0. The van der Waals surface area contributed by atoms with Gasteiger partial charge in [-0.1, -0.05) is 41.1 Å². The van der Waals surface area contributed by atoms with Crippen molar-refractivity contribution in [2.75, 3.05) is 0 Å². The van der Waals surface area contributed by atoms with Crippen LogP contribution in [-0.2, 0) is 4.79 Å². The molecule has 0 spiro atoms. The van der Waals surface area contributed by atoms with Crippen LogP contribution in [-0.4, -0.2) is 5.78 Å². The summed E-state index contributed by atoms with van der Waals surface area (Å²) in [5, 5.41) is 0. The van der Waals surface area contributed by atoms with Crippen molar-refractivity contribution in [2.24, 2.45) is 11.1 Å². The molecule has 1 aromatic carbocycles. The van der Waals surface area contributed by atoms with Crippen molar-refractivity contribution in [3.8, 4) is 0 Å². The first-order chi connectivity index (χ1) is 7.62. The molecule has 86 valence electrons. The lowest BCUT2D eigenvalue weighted by atomic mass is 9.86. The topological polar surface area (TPSA) is 43.1 Å². The third kappa shape index (κ3) is 1.82. The van der Waals surface area contributed by atoms with Crippen molar-refractivity contribution in [2.45, 2.75) is 32.2 Å². The van der Waals surface area contributed by atoms with Gasteiger partial charge in [0.25, 0.3) is 0 Å². The maximum absolute atomic E-state index is 11.9. The van der Waals surface area contributed by atoms with E-state index in [4.69, 9.17) is 5.73 Å². The van der Waals surface area contributed by atoms with Crippen LogP contribution in [0, 0.1) is 5.41 Å². The molecule has 1 aliphatic rings. The molecule has 1 atom stereocenters. The lowest BCUT2D eigenvalue weighted by Gasteiger charge is -2.23. The molecular weight excluding hydrogens is 266 g/mol. The summed E-state index contributed by atoms with van der Waals surface area (Å²) in [5.74, 6) is 0.302. The summed E-state index contributed by atoms with van der Waals surface area (Å²) in [4.78, 5) is 11.9. The standard InChI is InChI=1S/C13H16BrNO/c1-2-11(16)13(7-8-13)12(15)9-5-3-4-6-10(9)14/h3-6,12H,2,7-8,15H2,1H3. The number of carbonyl (C=O) groups excluding carboxylic acids is 1. The van der Waals surface area contributed by atoms with Crippen LogP contribution in [0.3, 0.4) is 0 Å². The molecule has 16 heavy (non-hydrogen) atoms. The Morgan fingerprint density at radius 2 is 2.12 bits per heavy atom. The van der Waals surface area contributed by atoms with Gasteiger partial charge < -0.3 is 5.73 Å². The van der Waals surface area contributed by atoms with E-state index in [0.29, 0.717) is 12.2 Å². The van der Waals surface area contributed by atoms with E-state index in [1.165, 1.54) is 0 Å². The fourth-order valence-electron chi connectivity index (χ4n) is 2.27. The van der Waals surface area contributed by atoms with E-state index in [1.54, 1.807) is 0 Å². The Bertz CT molecular complexity index is 412. The van der Waals surface area contributed by atoms with Gasteiger partial charge in [-0.2, -0.15) is 0 Å². The molecule has 1 aromatic rings. The molecule has 0 aromatic heterocycles. The van der Waals surface area contributed by atoms with Crippen molar-refractivity contribution < 1.29 is 4.79 Å². The molecule has 0 bridgehead atoms. The Balaban J connectivity index is 2.30. The fraction of sp³-hybridized carbons (Fsp3) is 0.462. The molecule has 0 heterocycles. The maximum Gasteiger partial charge on any atom is 0.140 e. The Hall–Kier alpha value is -0.670. The molecule has 1 aliphatic carbocycles. The molecule has 0 saturated heterocycles. The first-order valence-electron chi connectivity index (χ1n) is 5.65. The lowest BCUT2D eigenvalue weighted by Crippen LogP contribution is -2.30. The van der Waals surface area contributed by atoms with Gasteiger partial charge in [0.05, 0.1) is 0 Å². The summed E-state index contributed by atoms with van der Waals surface area (Å²) < 4.78 is 0.998. The average Bonchev–Trinajstić information content (AvgIpc) is 3.09. The Morgan fingerprint density at radius 3 is 2.62 bits per heavy atom. The summed E-state index contributed by atoms with van der Waals surface area (Å²) in [5.41, 5.74) is 7.03. The summed E-state index contributed by atoms with van der Waals surface area (Å²) in [6, 6.07) is 7.73. The van der Waals surface area contributed by atoms with Crippen LogP contribution in [0.15, 0.2) is 28.7 Å². The number of carbonyl (C=O) groups is 1. The number of benzene rings is 1. The van der Waals surface area contributed by atoms with Crippen LogP contribution < -0.4 is 5.73 Å². The van der Waals surface area contributed by atoms with Crippen LogP contribution in [0.1, 0.15) is 37.8 Å². The van der Waals surface area contributed by atoms with Gasteiger partial charge in [-0.25, -0.2) is 0 Å². The van der Waals surface area contributed by atoms with Crippen LogP contribution in [0.25, 0.3) is 0 Å². The zero-order chi connectivity index (χ0) is 11.8. The van der Waals surface area contributed by atoms with Crippen LogP contribution >= 0.6 is 15.9 Å². The summed E-state index contributed by atoms with van der Waals surface area (Å²) >= 11 is 3.50. The molecule has 0 aliphatic heterocycles. The SMILES string of the molecule is CCC(=O)C1(C(N)c2ccccc2Br)CC1. The monoisotopic (exact) mass is 281 g/mol. The molecule has 1 unspecified atom stereocenters. The van der Waals surface area contributed by atoms with E-state index in [2.05, 4.69) is 15.9 Å². The average molecular weight is 282 g/mol. The minimum Gasteiger partial charge on any atom is -0.323 e. The van der Waals surface area contributed by atoms with Gasteiger partial charge >= 0.3 is 0 Å². The highest BCUT2D eigenvalue weighted by Crippen LogP contribution is 2.55. The molecule has 2 rings (SSSR count). The quantitative estimate of drug-likeness (QED) is 0.921. The maximum atomic E-state index is 11.9. The molecular formula is C13H16BrNO. The molecule has 2 N–H and O–H groups in total. The molecule has 0 radical (unpaired) electrons. The number of nitrogens with two attached hydrogens (primary N) is 1. The molecule has 3 heteroatoms. The zero-order valence-electron chi connectivity index (χ0n) is 9.37. The molecule has 1 fully saturated rings. The van der Waals surface area contributed by atoms with E-state index < -0.39 is 0 Å². The van der Waals surface area contributed by atoms with Crippen molar-refractivity contribution >= 4 is 21.7 Å². The summed E-state index contributed by atoms with van der Waals surface area (Å²) in [6.45, 7) is 1.91. The van der Waals surface area contributed by atoms with E-state index in [0.717, 1.165) is 22.9 Å². The highest BCUT2D eigenvalue weighted by Gasteiger charge is 2.53. The summed E-state index contributed by atoms with van der Waals surface area (Å²) in [6.07, 6.45) is 2.45.